The fourth-order valence-corrected chi connectivity index (χ4v) is 2.39. The quantitative estimate of drug-likeness (QED) is 0.619. The van der Waals surface area contributed by atoms with Gasteiger partial charge >= 0.3 is 0 Å². The monoisotopic (exact) mass is 170 g/mol. The van der Waals surface area contributed by atoms with Crippen LogP contribution in [-0.2, 0) is 4.74 Å². The molecule has 0 heterocycles. The van der Waals surface area contributed by atoms with Crippen molar-refractivity contribution in [2.75, 3.05) is 7.11 Å². The van der Waals surface area contributed by atoms with Crippen LogP contribution in [0.1, 0.15) is 40.0 Å². The Bertz CT molecular complexity index is 131. The zero-order valence-corrected chi connectivity index (χ0v) is 8.84. The molecule has 1 nitrogen and oxygen atoms in total. The summed E-state index contributed by atoms with van der Waals surface area (Å²) in [5.41, 5.74) is 0. The molecular formula is C11H22O. The number of methoxy groups -OCH3 is 1. The number of hydrogen-bond acceptors (Lipinski definition) is 1. The molecule has 0 bridgehead atoms. The van der Waals surface area contributed by atoms with Crippen molar-refractivity contribution in [1.29, 1.82) is 0 Å². The molecule has 1 rings (SSSR count). The Hall–Kier alpha value is -0.0400. The third kappa shape index (κ3) is 2.22. The molecule has 0 aromatic heterocycles. The first kappa shape index (κ1) is 10.0. The summed E-state index contributed by atoms with van der Waals surface area (Å²) >= 11 is 0. The van der Waals surface area contributed by atoms with Crippen molar-refractivity contribution in [3.05, 3.63) is 0 Å². The van der Waals surface area contributed by atoms with E-state index >= 15 is 0 Å². The summed E-state index contributed by atoms with van der Waals surface area (Å²) in [4.78, 5) is 0. The summed E-state index contributed by atoms with van der Waals surface area (Å²) in [6.45, 7) is 6.96. The molecule has 3 atom stereocenters. The maximum atomic E-state index is 5.54. The maximum absolute atomic E-state index is 5.54. The van der Waals surface area contributed by atoms with Gasteiger partial charge in [-0.2, -0.15) is 0 Å². The van der Waals surface area contributed by atoms with Crippen LogP contribution in [0, 0.1) is 17.8 Å². The van der Waals surface area contributed by atoms with Gasteiger partial charge in [-0.25, -0.2) is 0 Å². The van der Waals surface area contributed by atoms with Crippen LogP contribution in [0.25, 0.3) is 0 Å². The Balaban J connectivity index is 2.50. The highest BCUT2D eigenvalue weighted by Gasteiger charge is 2.30. The molecule has 1 aliphatic carbocycles. The van der Waals surface area contributed by atoms with Gasteiger partial charge in [0.25, 0.3) is 0 Å². The van der Waals surface area contributed by atoms with Crippen LogP contribution in [0.4, 0.5) is 0 Å². The van der Waals surface area contributed by atoms with Gasteiger partial charge in [-0.15, -0.1) is 0 Å². The third-order valence-corrected chi connectivity index (χ3v) is 3.26. The lowest BCUT2D eigenvalue weighted by molar-refractivity contribution is -0.00982. The molecule has 0 saturated heterocycles. The molecule has 0 amide bonds. The van der Waals surface area contributed by atoms with E-state index in [1.54, 1.807) is 0 Å². The van der Waals surface area contributed by atoms with Gasteiger partial charge in [-0.05, 0) is 30.6 Å². The van der Waals surface area contributed by atoms with Crippen LogP contribution >= 0.6 is 0 Å². The highest BCUT2D eigenvalue weighted by atomic mass is 16.5. The van der Waals surface area contributed by atoms with Crippen molar-refractivity contribution in [3.63, 3.8) is 0 Å². The molecule has 0 aromatic rings. The Morgan fingerprint density at radius 2 is 1.92 bits per heavy atom. The molecule has 0 radical (unpaired) electrons. The predicted octanol–water partition coefficient (Wildman–Crippen LogP) is 3.09. The average Bonchev–Trinajstić information content (AvgIpc) is 2.03. The van der Waals surface area contributed by atoms with E-state index in [-0.39, 0.29) is 0 Å². The van der Waals surface area contributed by atoms with Gasteiger partial charge in [0, 0.05) is 7.11 Å². The largest absolute Gasteiger partial charge is 0.381 e. The summed E-state index contributed by atoms with van der Waals surface area (Å²) in [6, 6.07) is 0. The van der Waals surface area contributed by atoms with Crippen molar-refractivity contribution in [2.24, 2.45) is 17.8 Å². The molecule has 2 unspecified atom stereocenters. The Morgan fingerprint density at radius 3 is 2.42 bits per heavy atom. The van der Waals surface area contributed by atoms with E-state index in [0.717, 1.165) is 17.8 Å². The van der Waals surface area contributed by atoms with Gasteiger partial charge in [-0.3, -0.25) is 0 Å². The number of rotatable bonds is 2. The van der Waals surface area contributed by atoms with Crippen molar-refractivity contribution >= 4 is 0 Å². The van der Waals surface area contributed by atoms with Crippen molar-refractivity contribution in [3.8, 4) is 0 Å². The van der Waals surface area contributed by atoms with Gasteiger partial charge in [0.15, 0.2) is 0 Å². The van der Waals surface area contributed by atoms with Gasteiger partial charge in [0.2, 0.25) is 0 Å². The third-order valence-electron chi connectivity index (χ3n) is 3.26. The SMILES string of the molecule is COC1CC(C)CC[C@@H]1C(C)C. The lowest BCUT2D eigenvalue weighted by Gasteiger charge is -2.36. The van der Waals surface area contributed by atoms with Crippen molar-refractivity contribution < 1.29 is 4.74 Å². The smallest absolute Gasteiger partial charge is 0.0604 e. The molecular weight excluding hydrogens is 148 g/mol. The molecule has 0 aromatic carbocycles. The van der Waals surface area contributed by atoms with Crippen molar-refractivity contribution in [2.45, 2.75) is 46.1 Å². The number of hydrogen-bond donors (Lipinski definition) is 0. The van der Waals surface area contributed by atoms with Crippen LogP contribution in [0.15, 0.2) is 0 Å². The first-order valence-corrected chi connectivity index (χ1v) is 5.18. The molecule has 72 valence electrons. The van der Waals surface area contributed by atoms with Gasteiger partial charge in [0.05, 0.1) is 6.10 Å². The minimum absolute atomic E-state index is 0.522. The topological polar surface area (TPSA) is 9.23 Å². The van der Waals surface area contributed by atoms with Crippen LogP contribution in [-0.4, -0.2) is 13.2 Å². The molecule has 1 fully saturated rings. The Morgan fingerprint density at radius 1 is 1.25 bits per heavy atom. The lowest BCUT2D eigenvalue weighted by Crippen LogP contribution is -2.33. The Kier molecular flexibility index (Phi) is 3.57. The molecule has 1 saturated carbocycles. The summed E-state index contributed by atoms with van der Waals surface area (Å²) in [5, 5.41) is 0. The molecule has 12 heavy (non-hydrogen) atoms. The fraction of sp³-hybridized carbons (Fsp3) is 1.00. The van der Waals surface area contributed by atoms with E-state index in [0.29, 0.717) is 6.10 Å². The minimum atomic E-state index is 0.522. The second kappa shape index (κ2) is 4.27. The lowest BCUT2D eigenvalue weighted by atomic mass is 9.75. The molecule has 0 aliphatic heterocycles. The zero-order chi connectivity index (χ0) is 9.14. The zero-order valence-electron chi connectivity index (χ0n) is 8.84. The second-order valence-electron chi connectivity index (χ2n) is 4.60. The summed E-state index contributed by atoms with van der Waals surface area (Å²) in [5.74, 6) is 2.44. The molecule has 1 heteroatoms. The average molecular weight is 170 g/mol. The van der Waals surface area contributed by atoms with E-state index < -0.39 is 0 Å². The van der Waals surface area contributed by atoms with E-state index in [1.165, 1.54) is 19.3 Å². The van der Waals surface area contributed by atoms with Crippen LogP contribution in [0.3, 0.4) is 0 Å². The standard InChI is InChI=1S/C11H22O/c1-8(2)10-6-5-9(3)7-11(10)12-4/h8-11H,5-7H2,1-4H3/t9?,10-,11?/m1/s1. The van der Waals surface area contributed by atoms with Crippen LogP contribution in [0.5, 0.6) is 0 Å². The first-order valence-electron chi connectivity index (χ1n) is 5.18. The highest BCUT2D eigenvalue weighted by molar-refractivity contribution is 4.80. The minimum Gasteiger partial charge on any atom is -0.381 e. The summed E-state index contributed by atoms with van der Waals surface area (Å²) in [6.07, 6.45) is 4.54. The van der Waals surface area contributed by atoms with Crippen LogP contribution < -0.4 is 0 Å². The Labute approximate surface area is 76.5 Å². The number of ether oxygens (including phenoxy) is 1. The second-order valence-corrected chi connectivity index (χ2v) is 4.60. The van der Waals surface area contributed by atoms with Gasteiger partial charge in [0.1, 0.15) is 0 Å². The van der Waals surface area contributed by atoms with E-state index in [2.05, 4.69) is 20.8 Å². The van der Waals surface area contributed by atoms with E-state index in [4.69, 9.17) is 4.74 Å². The molecule has 0 spiro atoms. The maximum Gasteiger partial charge on any atom is 0.0604 e. The van der Waals surface area contributed by atoms with E-state index in [9.17, 15) is 0 Å². The normalized spacial score (nSPS) is 37.2. The first-order chi connectivity index (χ1) is 5.65. The van der Waals surface area contributed by atoms with Crippen LogP contribution in [0.2, 0.25) is 0 Å². The highest BCUT2D eigenvalue weighted by Crippen LogP contribution is 2.34. The molecule has 1 aliphatic rings. The summed E-state index contributed by atoms with van der Waals surface area (Å²) in [7, 11) is 1.86. The van der Waals surface area contributed by atoms with Gasteiger partial charge < -0.3 is 4.74 Å². The fourth-order valence-electron chi connectivity index (χ4n) is 2.39. The van der Waals surface area contributed by atoms with E-state index in [1.807, 2.05) is 7.11 Å². The summed E-state index contributed by atoms with van der Waals surface area (Å²) < 4.78 is 5.54. The van der Waals surface area contributed by atoms with Crippen molar-refractivity contribution in [1.82, 2.24) is 0 Å². The molecule has 0 N–H and O–H groups in total. The predicted molar refractivity (Wildman–Crippen MR) is 52.1 cm³/mol. The van der Waals surface area contributed by atoms with Gasteiger partial charge in [-0.1, -0.05) is 27.2 Å².